The molecule has 0 atom stereocenters. The Morgan fingerprint density at radius 2 is 1.68 bits per heavy atom. The zero-order valence-corrected chi connectivity index (χ0v) is 15.7. The van der Waals surface area contributed by atoms with Gasteiger partial charge in [-0.05, 0) is 36.8 Å². The molecular weight excluding hydrogens is 362 g/mol. The van der Waals surface area contributed by atoms with Gasteiger partial charge in [-0.1, -0.05) is 6.07 Å². The number of ether oxygens (including phenoxy) is 2. The highest BCUT2D eigenvalue weighted by Crippen LogP contribution is 2.34. The zero-order chi connectivity index (χ0) is 20.1. The second-order valence-corrected chi connectivity index (χ2v) is 6.18. The van der Waals surface area contributed by atoms with E-state index in [2.05, 4.69) is 10.6 Å². The molecular formula is C20H21N3O5. The van der Waals surface area contributed by atoms with E-state index in [4.69, 9.17) is 9.47 Å². The number of hydrogen-bond donors (Lipinski definition) is 2. The molecule has 0 saturated carbocycles. The highest BCUT2D eigenvalue weighted by molar-refractivity contribution is 6.43. The first-order chi connectivity index (χ1) is 13.5. The van der Waals surface area contributed by atoms with Crippen LogP contribution in [0.5, 0.6) is 11.5 Å². The summed E-state index contributed by atoms with van der Waals surface area (Å²) in [5, 5.41) is 5.06. The topological polar surface area (TPSA) is 97.0 Å². The molecule has 2 aromatic rings. The average molecular weight is 383 g/mol. The molecule has 8 heteroatoms. The number of carbonyl (C=O) groups is 3. The third-order valence-corrected chi connectivity index (χ3v) is 4.33. The molecule has 0 aliphatic carbocycles. The van der Waals surface area contributed by atoms with Crippen LogP contribution >= 0.6 is 0 Å². The molecule has 3 rings (SSSR count). The largest absolute Gasteiger partial charge is 0.497 e. The van der Waals surface area contributed by atoms with Crippen LogP contribution < -0.4 is 25.0 Å². The molecule has 146 valence electrons. The Kier molecular flexibility index (Phi) is 5.78. The summed E-state index contributed by atoms with van der Waals surface area (Å²) in [5.74, 6) is -0.561. The van der Waals surface area contributed by atoms with Crippen molar-refractivity contribution in [2.24, 2.45) is 0 Å². The van der Waals surface area contributed by atoms with Crippen molar-refractivity contribution in [2.75, 3.05) is 36.3 Å². The van der Waals surface area contributed by atoms with Crippen LogP contribution in [0.3, 0.4) is 0 Å². The monoisotopic (exact) mass is 383 g/mol. The molecule has 28 heavy (non-hydrogen) atoms. The summed E-state index contributed by atoms with van der Waals surface area (Å²) in [4.78, 5) is 38.1. The Balaban J connectivity index is 1.72. The van der Waals surface area contributed by atoms with E-state index in [-0.39, 0.29) is 5.91 Å². The first-order valence-electron chi connectivity index (χ1n) is 8.76. The van der Waals surface area contributed by atoms with Gasteiger partial charge >= 0.3 is 11.8 Å². The van der Waals surface area contributed by atoms with Gasteiger partial charge in [0, 0.05) is 30.4 Å². The molecule has 0 spiro atoms. The third kappa shape index (κ3) is 4.22. The van der Waals surface area contributed by atoms with Crippen LogP contribution in [0.25, 0.3) is 0 Å². The van der Waals surface area contributed by atoms with Crippen molar-refractivity contribution in [1.29, 1.82) is 0 Å². The van der Waals surface area contributed by atoms with Crippen LogP contribution in [0, 0.1) is 0 Å². The van der Waals surface area contributed by atoms with Gasteiger partial charge in [-0.3, -0.25) is 14.4 Å². The SMILES string of the molecule is COc1cccc(NC(=O)C(=O)Nc2ccc(OC)c(N3CCCC3=O)c2)c1. The fourth-order valence-electron chi connectivity index (χ4n) is 2.96. The maximum atomic E-state index is 12.3. The molecule has 3 amide bonds. The number of nitrogens with zero attached hydrogens (tertiary/aromatic N) is 1. The molecule has 8 nitrogen and oxygen atoms in total. The average Bonchev–Trinajstić information content (AvgIpc) is 3.13. The smallest absolute Gasteiger partial charge is 0.314 e. The zero-order valence-electron chi connectivity index (χ0n) is 15.7. The minimum atomic E-state index is -0.827. The third-order valence-electron chi connectivity index (χ3n) is 4.33. The minimum absolute atomic E-state index is 0.00227. The number of hydrogen-bond acceptors (Lipinski definition) is 5. The second kappa shape index (κ2) is 8.43. The lowest BCUT2D eigenvalue weighted by molar-refractivity contribution is -0.132. The van der Waals surface area contributed by atoms with Crippen molar-refractivity contribution in [3.8, 4) is 11.5 Å². The van der Waals surface area contributed by atoms with E-state index in [0.717, 1.165) is 6.42 Å². The summed E-state index contributed by atoms with van der Waals surface area (Å²) in [6.45, 7) is 0.586. The van der Waals surface area contributed by atoms with Gasteiger partial charge in [0.25, 0.3) is 0 Å². The quantitative estimate of drug-likeness (QED) is 0.773. The van der Waals surface area contributed by atoms with Crippen molar-refractivity contribution in [1.82, 2.24) is 0 Å². The standard InChI is InChI=1S/C20H21N3O5/c1-27-15-6-3-5-13(11-15)21-19(25)20(26)22-14-8-9-17(28-2)16(12-14)23-10-4-7-18(23)24/h3,5-6,8-9,11-12H,4,7,10H2,1-2H3,(H,21,25)(H,22,26). The number of benzene rings is 2. The second-order valence-electron chi connectivity index (χ2n) is 6.18. The first kappa shape index (κ1) is 19.2. The van der Waals surface area contributed by atoms with Crippen molar-refractivity contribution >= 4 is 34.8 Å². The summed E-state index contributed by atoms with van der Waals surface area (Å²) >= 11 is 0. The molecule has 2 aromatic carbocycles. The summed E-state index contributed by atoms with van der Waals surface area (Å²) in [6, 6.07) is 11.6. The van der Waals surface area contributed by atoms with Gasteiger partial charge in [-0.25, -0.2) is 0 Å². The van der Waals surface area contributed by atoms with Gasteiger partial charge in [0.2, 0.25) is 5.91 Å². The highest BCUT2D eigenvalue weighted by Gasteiger charge is 2.25. The molecule has 1 aliphatic heterocycles. The van der Waals surface area contributed by atoms with Crippen LogP contribution in [0.1, 0.15) is 12.8 Å². The number of nitrogens with one attached hydrogen (secondary N) is 2. The number of rotatable bonds is 5. The van der Waals surface area contributed by atoms with Gasteiger partial charge in [0.05, 0.1) is 19.9 Å². The molecule has 1 saturated heterocycles. The van der Waals surface area contributed by atoms with E-state index >= 15 is 0 Å². The van der Waals surface area contributed by atoms with E-state index in [1.54, 1.807) is 47.4 Å². The Morgan fingerprint density at radius 3 is 2.29 bits per heavy atom. The van der Waals surface area contributed by atoms with Crippen molar-refractivity contribution in [2.45, 2.75) is 12.8 Å². The lowest BCUT2D eigenvalue weighted by Crippen LogP contribution is -2.29. The van der Waals surface area contributed by atoms with Crippen LogP contribution in [-0.2, 0) is 14.4 Å². The molecule has 0 radical (unpaired) electrons. The Hall–Kier alpha value is -3.55. The van der Waals surface area contributed by atoms with Crippen molar-refractivity contribution < 1.29 is 23.9 Å². The lowest BCUT2D eigenvalue weighted by atomic mass is 10.2. The predicted octanol–water partition coefficient (Wildman–Crippen LogP) is 2.41. The first-order valence-corrected chi connectivity index (χ1v) is 8.76. The fourth-order valence-corrected chi connectivity index (χ4v) is 2.96. The molecule has 0 bridgehead atoms. The Morgan fingerprint density at radius 1 is 0.964 bits per heavy atom. The molecule has 0 unspecified atom stereocenters. The van der Waals surface area contributed by atoms with Crippen molar-refractivity contribution in [3.63, 3.8) is 0 Å². The van der Waals surface area contributed by atoms with E-state index in [1.165, 1.54) is 14.2 Å². The van der Waals surface area contributed by atoms with Gasteiger partial charge in [0.15, 0.2) is 0 Å². The van der Waals surface area contributed by atoms with Gasteiger partial charge < -0.3 is 25.0 Å². The molecule has 0 aromatic heterocycles. The van der Waals surface area contributed by atoms with E-state index in [0.29, 0.717) is 41.5 Å². The molecule has 1 aliphatic rings. The van der Waals surface area contributed by atoms with Gasteiger partial charge in [-0.15, -0.1) is 0 Å². The van der Waals surface area contributed by atoms with Crippen LogP contribution in [0.2, 0.25) is 0 Å². The van der Waals surface area contributed by atoms with Crippen LogP contribution in [0.4, 0.5) is 17.1 Å². The summed E-state index contributed by atoms with van der Waals surface area (Å²) in [6.07, 6.45) is 1.24. The van der Waals surface area contributed by atoms with E-state index in [1.807, 2.05) is 0 Å². The minimum Gasteiger partial charge on any atom is -0.497 e. The molecule has 2 N–H and O–H groups in total. The van der Waals surface area contributed by atoms with E-state index in [9.17, 15) is 14.4 Å². The van der Waals surface area contributed by atoms with E-state index < -0.39 is 11.8 Å². The molecule has 1 fully saturated rings. The summed E-state index contributed by atoms with van der Waals surface area (Å²) < 4.78 is 10.4. The maximum Gasteiger partial charge on any atom is 0.314 e. The van der Waals surface area contributed by atoms with Crippen molar-refractivity contribution in [3.05, 3.63) is 42.5 Å². The van der Waals surface area contributed by atoms with Gasteiger partial charge in [0.1, 0.15) is 11.5 Å². The number of methoxy groups -OCH3 is 2. The lowest BCUT2D eigenvalue weighted by Gasteiger charge is -2.20. The Bertz CT molecular complexity index is 912. The van der Waals surface area contributed by atoms with Gasteiger partial charge in [-0.2, -0.15) is 0 Å². The predicted molar refractivity (Wildman–Crippen MR) is 105 cm³/mol. The molecule has 1 heterocycles. The normalized spacial score (nSPS) is 13.2. The van der Waals surface area contributed by atoms with Crippen LogP contribution in [0.15, 0.2) is 42.5 Å². The Labute approximate surface area is 162 Å². The number of amides is 3. The number of anilines is 3. The summed E-state index contributed by atoms with van der Waals surface area (Å²) in [5.41, 5.74) is 1.40. The highest BCUT2D eigenvalue weighted by atomic mass is 16.5. The fraction of sp³-hybridized carbons (Fsp3) is 0.250. The maximum absolute atomic E-state index is 12.3. The number of carbonyl (C=O) groups excluding carboxylic acids is 3. The van der Waals surface area contributed by atoms with Crippen LogP contribution in [-0.4, -0.2) is 38.5 Å². The summed E-state index contributed by atoms with van der Waals surface area (Å²) in [7, 11) is 3.03.